The molecular formula is C9H4F3NO3. The molecule has 84 valence electrons. The molecule has 0 spiro atoms. The number of nitriles is 1. The Labute approximate surface area is 87.5 Å². The Bertz CT molecular complexity index is 468. The van der Waals surface area contributed by atoms with Crippen LogP contribution in [-0.2, 0) is 4.79 Å². The fraction of sp³-hybridized carbons (Fsp3) is 0.111. The molecule has 0 amide bonds. The fourth-order valence-electron chi connectivity index (χ4n) is 0.880. The van der Waals surface area contributed by atoms with Crippen LogP contribution in [0.5, 0.6) is 5.75 Å². The molecule has 0 radical (unpaired) electrons. The second kappa shape index (κ2) is 4.10. The maximum Gasteiger partial charge on any atom is 0.501 e. The Morgan fingerprint density at radius 3 is 2.62 bits per heavy atom. The highest BCUT2D eigenvalue weighted by Crippen LogP contribution is 2.26. The van der Waals surface area contributed by atoms with Gasteiger partial charge in [0, 0.05) is 0 Å². The summed E-state index contributed by atoms with van der Waals surface area (Å²) in [5.41, 5.74) is -0.775. The zero-order chi connectivity index (χ0) is 12.3. The molecule has 0 atom stereocenters. The minimum absolute atomic E-state index is 0.775. The number of hydrogen-bond acceptors (Lipinski definition) is 3. The summed E-state index contributed by atoms with van der Waals surface area (Å²) >= 11 is 0. The smallest absolute Gasteiger partial charge is 0.474 e. The number of halogens is 3. The van der Waals surface area contributed by atoms with Gasteiger partial charge in [0.25, 0.3) is 0 Å². The SMILES string of the molecule is N#Cc1c(F)cccc1OC(F)(F)C(=O)O. The number of ether oxygens (including phenoxy) is 1. The Hall–Kier alpha value is -2.23. The van der Waals surface area contributed by atoms with E-state index in [9.17, 15) is 18.0 Å². The summed E-state index contributed by atoms with van der Waals surface area (Å²) in [6.07, 6.45) is -4.51. The van der Waals surface area contributed by atoms with Crippen LogP contribution in [-0.4, -0.2) is 17.2 Å². The summed E-state index contributed by atoms with van der Waals surface area (Å²) in [4.78, 5) is 10.1. The molecule has 0 aliphatic heterocycles. The molecule has 0 heterocycles. The quantitative estimate of drug-likeness (QED) is 0.860. The van der Waals surface area contributed by atoms with Gasteiger partial charge in [0.1, 0.15) is 23.2 Å². The lowest BCUT2D eigenvalue weighted by Gasteiger charge is -2.14. The minimum Gasteiger partial charge on any atom is -0.474 e. The van der Waals surface area contributed by atoms with Gasteiger partial charge in [0.15, 0.2) is 0 Å². The first kappa shape index (κ1) is 11.8. The molecule has 1 aromatic carbocycles. The van der Waals surface area contributed by atoms with E-state index in [1.54, 1.807) is 0 Å². The summed E-state index contributed by atoms with van der Waals surface area (Å²) in [5, 5.41) is 16.6. The number of carboxylic acids is 1. The Balaban J connectivity index is 3.13. The zero-order valence-electron chi connectivity index (χ0n) is 7.58. The van der Waals surface area contributed by atoms with Crippen LogP contribution in [0.1, 0.15) is 5.56 Å². The molecule has 0 saturated carbocycles. The average Bonchev–Trinajstić information content (AvgIpc) is 2.17. The third-order valence-corrected chi connectivity index (χ3v) is 1.57. The summed E-state index contributed by atoms with van der Waals surface area (Å²) in [5.74, 6) is -4.42. The van der Waals surface area contributed by atoms with Gasteiger partial charge in [-0.2, -0.15) is 14.0 Å². The largest absolute Gasteiger partial charge is 0.501 e. The first-order valence-electron chi connectivity index (χ1n) is 3.87. The predicted octanol–water partition coefficient (Wildman–Crippen LogP) is 1.75. The van der Waals surface area contributed by atoms with Crippen LogP contribution in [0.25, 0.3) is 0 Å². The van der Waals surface area contributed by atoms with Crippen molar-refractivity contribution in [3.05, 3.63) is 29.6 Å². The van der Waals surface area contributed by atoms with Gasteiger partial charge < -0.3 is 9.84 Å². The van der Waals surface area contributed by atoms with Crippen molar-refractivity contribution in [2.24, 2.45) is 0 Å². The lowest BCUT2D eigenvalue weighted by molar-refractivity contribution is -0.211. The number of carbonyl (C=O) groups is 1. The number of benzene rings is 1. The number of carboxylic acid groups (broad SMARTS) is 1. The van der Waals surface area contributed by atoms with Crippen LogP contribution in [0.2, 0.25) is 0 Å². The lowest BCUT2D eigenvalue weighted by atomic mass is 10.2. The van der Waals surface area contributed by atoms with E-state index < -0.39 is 29.2 Å². The van der Waals surface area contributed by atoms with Gasteiger partial charge in [0.05, 0.1) is 0 Å². The predicted molar refractivity (Wildman–Crippen MR) is 44.3 cm³/mol. The second-order valence-corrected chi connectivity index (χ2v) is 2.65. The van der Waals surface area contributed by atoms with Gasteiger partial charge in [-0.1, -0.05) is 6.07 Å². The van der Waals surface area contributed by atoms with E-state index >= 15 is 0 Å². The van der Waals surface area contributed by atoms with Crippen LogP contribution in [0.15, 0.2) is 18.2 Å². The molecule has 4 nitrogen and oxygen atoms in total. The summed E-state index contributed by atoms with van der Waals surface area (Å²) < 4.78 is 42.0. The zero-order valence-corrected chi connectivity index (χ0v) is 7.58. The molecule has 0 aliphatic rings. The average molecular weight is 231 g/mol. The molecular weight excluding hydrogens is 227 g/mol. The monoisotopic (exact) mass is 231 g/mol. The van der Waals surface area contributed by atoms with Crippen LogP contribution < -0.4 is 4.74 Å². The third kappa shape index (κ3) is 2.23. The van der Waals surface area contributed by atoms with Crippen molar-refractivity contribution in [2.75, 3.05) is 0 Å². The highest BCUT2D eigenvalue weighted by Gasteiger charge is 2.43. The standard InChI is InChI=1S/C9H4F3NO3/c10-6-2-1-3-7(5(6)4-13)16-9(11,12)8(14)15/h1-3H,(H,14,15). The van der Waals surface area contributed by atoms with Gasteiger partial charge in [-0.05, 0) is 12.1 Å². The van der Waals surface area contributed by atoms with Gasteiger partial charge in [-0.25, -0.2) is 9.18 Å². The number of aliphatic carboxylic acids is 1. The van der Waals surface area contributed by atoms with Gasteiger partial charge in [-0.3, -0.25) is 0 Å². The maximum absolute atomic E-state index is 12.9. The highest BCUT2D eigenvalue weighted by molar-refractivity contribution is 5.74. The van der Waals surface area contributed by atoms with E-state index in [-0.39, 0.29) is 0 Å². The number of rotatable bonds is 3. The summed E-state index contributed by atoms with van der Waals surface area (Å²) in [6, 6.07) is 4.06. The molecule has 1 aromatic rings. The first-order chi connectivity index (χ1) is 7.38. The van der Waals surface area contributed by atoms with E-state index in [1.807, 2.05) is 0 Å². The Kier molecular flexibility index (Phi) is 3.04. The maximum atomic E-state index is 12.9. The fourth-order valence-corrected chi connectivity index (χ4v) is 0.880. The van der Waals surface area contributed by atoms with Crippen molar-refractivity contribution in [1.29, 1.82) is 5.26 Å². The molecule has 7 heteroatoms. The summed E-state index contributed by atoms with van der Waals surface area (Å²) in [7, 11) is 0. The van der Waals surface area contributed by atoms with Gasteiger partial charge in [-0.15, -0.1) is 0 Å². The van der Waals surface area contributed by atoms with Crippen molar-refractivity contribution in [1.82, 2.24) is 0 Å². The van der Waals surface area contributed by atoms with Crippen LogP contribution in [0, 0.1) is 17.1 Å². The van der Waals surface area contributed by atoms with E-state index in [4.69, 9.17) is 10.4 Å². The molecule has 1 rings (SSSR count). The van der Waals surface area contributed by atoms with Crippen LogP contribution in [0.3, 0.4) is 0 Å². The molecule has 0 saturated heterocycles. The van der Waals surface area contributed by atoms with Crippen LogP contribution >= 0.6 is 0 Å². The van der Waals surface area contributed by atoms with Crippen LogP contribution in [0.4, 0.5) is 13.2 Å². The Morgan fingerprint density at radius 1 is 1.50 bits per heavy atom. The van der Waals surface area contributed by atoms with Crippen molar-refractivity contribution < 1.29 is 27.8 Å². The second-order valence-electron chi connectivity index (χ2n) is 2.65. The molecule has 1 N–H and O–H groups in total. The van der Waals surface area contributed by atoms with E-state index in [0.29, 0.717) is 0 Å². The molecule has 0 aromatic heterocycles. The van der Waals surface area contributed by atoms with Crippen molar-refractivity contribution >= 4 is 5.97 Å². The van der Waals surface area contributed by atoms with Crippen molar-refractivity contribution in [3.63, 3.8) is 0 Å². The van der Waals surface area contributed by atoms with E-state index in [0.717, 1.165) is 18.2 Å². The molecule has 0 aliphatic carbocycles. The van der Waals surface area contributed by atoms with E-state index in [1.165, 1.54) is 6.07 Å². The van der Waals surface area contributed by atoms with E-state index in [2.05, 4.69) is 4.74 Å². The third-order valence-electron chi connectivity index (χ3n) is 1.57. The molecule has 0 bridgehead atoms. The first-order valence-corrected chi connectivity index (χ1v) is 3.87. The minimum atomic E-state index is -4.51. The van der Waals surface area contributed by atoms with Crippen molar-refractivity contribution in [2.45, 2.75) is 6.11 Å². The summed E-state index contributed by atoms with van der Waals surface area (Å²) in [6.45, 7) is 0. The number of nitrogens with zero attached hydrogens (tertiary/aromatic N) is 1. The lowest BCUT2D eigenvalue weighted by Crippen LogP contribution is -2.35. The molecule has 16 heavy (non-hydrogen) atoms. The highest BCUT2D eigenvalue weighted by atomic mass is 19.3. The van der Waals surface area contributed by atoms with Gasteiger partial charge >= 0.3 is 12.1 Å². The normalized spacial score (nSPS) is 10.6. The molecule has 0 fully saturated rings. The topological polar surface area (TPSA) is 70.3 Å². The van der Waals surface area contributed by atoms with Gasteiger partial charge in [0.2, 0.25) is 0 Å². The molecule has 0 unspecified atom stereocenters. The Morgan fingerprint density at radius 2 is 2.12 bits per heavy atom. The van der Waals surface area contributed by atoms with Crippen molar-refractivity contribution in [3.8, 4) is 11.8 Å². The number of hydrogen-bond donors (Lipinski definition) is 1. The number of alkyl halides is 2.